The first kappa shape index (κ1) is 14.6. The highest BCUT2D eigenvalue weighted by atomic mass is 79.9. The number of methoxy groups -OCH3 is 1. The molecule has 0 aromatic heterocycles. The van der Waals surface area contributed by atoms with E-state index in [0.717, 1.165) is 30.6 Å². The number of hydrogen-bond donors (Lipinski definition) is 1. The van der Waals surface area contributed by atoms with Crippen LogP contribution in [-0.2, 0) is 11.3 Å². The number of nitrogens with zero attached hydrogens (tertiary/aromatic N) is 1. The van der Waals surface area contributed by atoms with Gasteiger partial charge in [0, 0.05) is 37.3 Å². The van der Waals surface area contributed by atoms with Gasteiger partial charge in [0.15, 0.2) is 0 Å². The van der Waals surface area contributed by atoms with Gasteiger partial charge in [-0.3, -0.25) is 0 Å². The fraction of sp³-hybridized carbons (Fsp3) is 0.538. The Balaban J connectivity index is 2.36. The number of likely N-dealkylation sites (N-methyl/N-ethyl adjacent to an activating group) is 1. The molecule has 0 fully saturated rings. The maximum Gasteiger partial charge on any atom is 0.0477 e. The van der Waals surface area contributed by atoms with E-state index in [1.165, 1.54) is 5.56 Å². The summed E-state index contributed by atoms with van der Waals surface area (Å²) in [5.74, 6) is 0. The predicted molar refractivity (Wildman–Crippen MR) is 74.9 cm³/mol. The molecule has 1 aromatic rings. The first-order chi connectivity index (χ1) is 8.11. The van der Waals surface area contributed by atoms with Gasteiger partial charge >= 0.3 is 0 Å². The van der Waals surface area contributed by atoms with Crippen LogP contribution in [0.5, 0.6) is 0 Å². The number of nitrogens with two attached hydrogens (primary N) is 1. The SMILES string of the molecule is COCCC(N)CN(C)Cc1cccc(Br)c1. The molecule has 1 aromatic carbocycles. The Morgan fingerprint density at radius 3 is 2.88 bits per heavy atom. The van der Waals surface area contributed by atoms with Crippen molar-refractivity contribution in [3.8, 4) is 0 Å². The third kappa shape index (κ3) is 6.17. The van der Waals surface area contributed by atoms with Crippen LogP contribution in [0.4, 0.5) is 0 Å². The second-order valence-corrected chi connectivity index (χ2v) is 5.28. The minimum Gasteiger partial charge on any atom is -0.385 e. The highest BCUT2D eigenvalue weighted by Gasteiger charge is 2.07. The van der Waals surface area contributed by atoms with Gasteiger partial charge < -0.3 is 15.4 Å². The zero-order chi connectivity index (χ0) is 12.7. The molecule has 1 unspecified atom stereocenters. The number of rotatable bonds is 7. The van der Waals surface area contributed by atoms with Crippen LogP contribution in [0.2, 0.25) is 0 Å². The molecule has 3 nitrogen and oxygen atoms in total. The fourth-order valence-corrected chi connectivity index (χ4v) is 2.22. The third-order valence-corrected chi connectivity index (χ3v) is 3.07. The van der Waals surface area contributed by atoms with E-state index in [1.807, 2.05) is 6.07 Å². The Kier molecular flexibility index (Phi) is 6.73. The van der Waals surface area contributed by atoms with Gasteiger partial charge in [-0.15, -0.1) is 0 Å². The molecule has 0 aliphatic carbocycles. The van der Waals surface area contributed by atoms with Crippen molar-refractivity contribution in [3.05, 3.63) is 34.3 Å². The molecule has 0 radical (unpaired) electrons. The number of ether oxygens (including phenoxy) is 1. The Bertz CT molecular complexity index is 333. The average molecular weight is 301 g/mol. The number of benzene rings is 1. The molecule has 17 heavy (non-hydrogen) atoms. The standard InChI is InChI=1S/C13H21BrN2O/c1-16(10-13(15)6-7-17-2)9-11-4-3-5-12(14)8-11/h3-5,8,13H,6-7,9-10,15H2,1-2H3. The van der Waals surface area contributed by atoms with Gasteiger partial charge in [-0.05, 0) is 31.2 Å². The van der Waals surface area contributed by atoms with E-state index in [-0.39, 0.29) is 6.04 Å². The van der Waals surface area contributed by atoms with Crippen LogP contribution in [0.15, 0.2) is 28.7 Å². The first-order valence-electron chi connectivity index (χ1n) is 5.79. The van der Waals surface area contributed by atoms with E-state index in [4.69, 9.17) is 10.5 Å². The summed E-state index contributed by atoms with van der Waals surface area (Å²) in [5.41, 5.74) is 7.31. The highest BCUT2D eigenvalue weighted by Crippen LogP contribution is 2.13. The molecule has 0 bridgehead atoms. The summed E-state index contributed by atoms with van der Waals surface area (Å²) in [6, 6.07) is 8.53. The van der Waals surface area contributed by atoms with E-state index in [9.17, 15) is 0 Å². The quantitative estimate of drug-likeness (QED) is 0.839. The lowest BCUT2D eigenvalue weighted by atomic mass is 10.2. The second-order valence-electron chi connectivity index (χ2n) is 4.37. The van der Waals surface area contributed by atoms with Crippen molar-refractivity contribution in [1.29, 1.82) is 0 Å². The van der Waals surface area contributed by atoms with Crippen LogP contribution in [0.3, 0.4) is 0 Å². The van der Waals surface area contributed by atoms with E-state index in [0.29, 0.717) is 0 Å². The van der Waals surface area contributed by atoms with E-state index in [2.05, 4.69) is 46.1 Å². The lowest BCUT2D eigenvalue weighted by molar-refractivity contribution is 0.179. The summed E-state index contributed by atoms with van der Waals surface area (Å²) < 4.78 is 6.14. The summed E-state index contributed by atoms with van der Waals surface area (Å²) in [7, 11) is 3.80. The Morgan fingerprint density at radius 1 is 1.47 bits per heavy atom. The van der Waals surface area contributed by atoms with Crippen molar-refractivity contribution in [1.82, 2.24) is 4.90 Å². The molecule has 1 rings (SSSR count). The van der Waals surface area contributed by atoms with Crippen LogP contribution in [0.1, 0.15) is 12.0 Å². The third-order valence-electron chi connectivity index (χ3n) is 2.58. The molecule has 0 aliphatic rings. The Labute approximate surface area is 112 Å². The molecule has 0 aliphatic heterocycles. The van der Waals surface area contributed by atoms with Gasteiger partial charge in [-0.2, -0.15) is 0 Å². The summed E-state index contributed by atoms with van der Waals surface area (Å²) >= 11 is 3.48. The van der Waals surface area contributed by atoms with Gasteiger partial charge in [-0.1, -0.05) is 28.1 Å². The molecule has 0 amide bonds. The van der Waals surface area contributed by atoms with Crippen LogP contribution in [0.25, 0.3) is 0 Å². The first-order valence-corrected chi connectivity index (χ1v) is 6.58. The molecule has 4 heteroatoms. The van der Waals surface area contributed by atoms with Gasteiger partial charge in [-0.25, -0.2) is 0 Å². The van der Waals surface area contributed by atoms with Crippen LogP contribution < -0.4 is 5.73 Å². The molecule has 1 atom stereocenters. The van der Waals surface area contributed by atoms with Crippen LogP contribution in [-0.4, -0.2) is 38.3 Å². The average Bonchev–Trinajstić information content (AvgIpc) is 2.26. The van der Waals surface area contributed by atoms with Gasteiger partial charge in [0.05, 0.1) is 0 Å². The lowest BCUT2D eigenvalue weighted by Crippen LogP contribution is -2.35. The molecular weight excluding hydrogens is 280 g/mol. The van der Waals surface area contributed by atoms with Crippen molar-refractivity contribution in [2.24, 2.45) is 5.73 Å². The molecular formula is C13H21BrN2O. The van der Waals surface area contributed by atoms with E-state index in [1.54, 1.807) is 7.11 Å². The highest BCUT2D eigenvalue weighted by molar-refractivity contribution is 9.10. The smallest absolute Gasteiger partial charge is 0.0477 e. The maximum atomic E-state index is 6.01. The van der Waals surface area contributed by atoms with Gasteiger partial charge in [0.2, 0.25) is 0 Å². The topological polar surface area (TPSA) is 38.5 Å². The van der Waals surface area contributed by atoms with E-state index >= 15 is 0 Å². The van der Waals surface area contributed by atoms with Crippen molar-refractivity contribution in [3.63, 3.8) is 0 Å². The van der Waals surface area contributed by atoms with E-state index < -0.39 is 0 Å². The zero-order valence-corrected chi connectivity index (χ0v) is 12.1. The van der Waals surface area contributed by atoms with Crippen molar-refractivity contribution >= 4 is 15.9 Å². The number of halogens is 1. The normalized spacial score (nSPS) is 13.0. The largest absolute Gasteiger partial charge is 0.385 e. The maximum absolute atomic E-state index is 6.01. The summed E-state index contributed by atoms with van der Waals surface area (Å²) in [5, 5.41) is 0. The zero-order valence-electron chi connectivity index (χ0n) is 10.5. The van der Waals surface area contributed by atoms with Gasteiger partial charge in [0.1, 0.15) is 0 Å². The molecule has 0 saturated heterocycles. The fourth-order valence-electron chi connectivity index (χ4n) is 1.77. The van der Waals surface area contributed by atoms with Crippen molar-refractivity contribution in [2.45, 2.75) is 19.0 Å². The Hall–Kier alpha value is -0.420. The Morgan fingerprint density at radius 2 is 2.24 bits per heavy atom. The minimum atomic E-state index is 0.173. The minimum absolute atomic E-state index is 0.173. The van der Waals surface area contributed by atoms with Crippen molar-refractivity contribution < 1.29 is 4.74 Å². The summed E-state index contributed by atoms with van der Waals surface area (Å²) in [4.78, 5) is 2.24. The molecule has 0 heterocycles. The second kappa shape index (κ2) is 7.82. The monoisotopic (exact) mass is 300 g/mol. The van der Waals surface area contributed by atoms with Crippen LogP contribution >= 0.6 is 15.9 Å². The van der Waals surface area contributed by atoms with Gasteiger partial charge in [0.25, 0.3) is 0 Å². The summed E-state index contributed by atoms with van der Waals surface area (Å²) in [6.45, 7) is 2.53. The molecule has 2 N–H and O–H groups in total. The molecule has 0 saturated carbocycles. The summed E-state index contributed by atoms with van der Waals surface area (Å²) in [6.07, 6.45) is 0.902. The van der Waals surface area contributed by atoms with Crippen LogP contribution in [0, 0.1) is 0 Å². The van der Waals surface area contributed by atoms with Crippen molar-refractivity contribution in [2.75, 3.05) is 27.3 Å². The predicted octanol–water partition coefficient (Wildman–Crippen LogP) is 2.24. The molecule has 96 valence electrons. The lowest BCUT2D eigenvalue weighted by Gasteiger charge is -2.21. The molecule has 0 spiro atoms. The number of hydrogen-bond acceptors (Lipinski definition) is 3.